The maximum absolute atomic E-state index is 14.0. The molecule has 0 saturated carbocycles. The monoisotopic (exact) mass is 283 g/mol. The molecule has 5 heteroatoms. The van der Waals surface area contributed by atoms with Gasteiger partial charge in [0.25, 0.3) is 0 Å². The minimum atomic E-state index is -0.799. The van der Waals surface area contributed by atoms with Gasteiger partial charge in [0, 0.05) is 15.8 Å². The van der Waals surface area contributed by atoms with E-state index >= 15 is 0 Å². The predicted molar refractivity (Wildman–Crippen MR) is 72.9 cm³/mol. The van der Waals surface area contributed by atoms with Crippen LogP contribution >= 0.6 is 11.3 Å². The molecule has 1 N–H and O–H groups in total. The van der Waals surface area contributed by atoms with Crippen molar-refractivity contribution in [3.05, 3.63) is 51.2 Å². The van der Waals surface area contributed by atoms with Crippen molar-refractivity contribution < 1.29 is 13.5 Å². The highest BCUT2D eigenvalue weighted by Crippen LogP contribution is 2.32. The molecule has 0 spiro atoms. The van der Waals surface area contributed by atoms with E-state index in [9.17, 15) is 8.78 Å². The zero-order chi connectivity index (χ0) is 14.0. The second kappa shape index (κ2) is 5.67. The Balaban J connectivity index is 2.45. The number of hydrogen-bond acceptors (Lipinski definition) is 3. The summed E-state index contributed by atoms with van der Waals surface area (Å²) in [5, 5.41) is 4.84. The number of rotatable bonds is 4. The third kappa shape index (κ3) is 2.62. The summed E-state index contributed by atoms with van der Waals surface area (Å²) >= 11 is 1.44. The molecule has 0 bridgehead atoms. The van der Waals surface area contributed by atoms with Crippen LogP contribution in [0.1, 0.15) is 22.0 Å². The van der Waals surface area contributed by atoms with Gasteiger partial charge in [0.2, 0.25) is 0 Å². The van der Waals surface area contributed by atoms with Crippen molar-refractivity contribution in [1.82, 2.24) is 5.32 Å². The molecule has 1 aromatic heterocycles. The topological polar surface area (TPSA) is 21.3 Å². The van der Waals surface area contributed by atoms with E-state index in [1.807, 2.05) is 11.4 Å². The molecular weight excluding hydrogens is 268 g/mol. The van der Waals surface area contributed by atoms with Crippen molar-refractivity contribution in [2.24, 2.45) is 0 Å². The van der Waals surface area contributed by atoms with Gasteiger partial charge in [0.1, 0.15) is 5.75 Å². The molecule has 1 aromatic carbocycles. The number of ether oxygens (including phenoxy) is 1. The van der Waals surface area contributed by atoms with E-state index in [2.05, 4.69) is 5.32 Å². The molecule has 0 aliphatic carbocycles. The van der Waals surface area contributed by atoms with Crippen LogP contribution in [-0.2, 0) is 0 Å². The van der Waals surface area contributed by atoms with Gasteiger partial charge in [0.15, 0.2) is 11.6 Å². The number of thiophene rings is 1. The normalized spacial score (nSPS) is 12.5. The second-order valence-corrected chi connectivity index (χ2v) is 5.15. The van der Waals surface area contributed by atoms with E-state index < -0.39 is 11.6 Å². The summed E-state index contributed by atoms with van der Waals surface area (Å²) < 4.78 is 32.8. The molecule has 0 aliphatic rings. The zero-order valence-electron chi connectivity index (χ0n) is 11.0. The molecular formula is C14H15F2NOS. The zero-order valence-corrected chi connectivity index (χ0v) is 11.8. The van der Waals surface area contributed by atoms with E-state index in [1.54, 1.807) is 33.2 Å². The third-order valence-corrected chi connectivity index (χ3v) is 4.00. The largest absolute Gasteiger partial charge is 0.496 e. The van der Waals surface area contributed by atoms with Crippen molar-refractivity contribution in [2.45, 2.75) is 13.0 Å². The number of methoxy groups -OCH3 is 1. The SMILES string of the molecule is CNC(c1cc(OC)cs1)c1ccc(C)c(F)c1F. The Morgan fingerprint density at radius 2 is 2.00 bits per heavy atom. The van der Waals surface area contributed by atoms with E-state index in [-0.39, 0.29) is 6.04 Å². The standard InChI is InChI=1S/C14H15F2NOS/c1-8-4-5-10(13(16)12(8)15)14(17-2)11-6-9(18-3)7-19-11/h4-7,14,17H,1-3H3. The lowest BCUT2D eigenvalue weighted by Crippen LogP contribution is -2.18. The van der Waals surface area contributed by atoms with E-state index in [4.69, 9.17) is 4.74 Å². The summed E-state index contributed by atoms with van der Waals surface area (Å²) in [6.07, 6.45) is 0. The maximum atomic E-state index is 14.0. The summed E-state index contributed by atoms with van der Waals surface area (Å²) in [6.45, 7) is 1.55. The van der Waals surface area contributed by atoms with Gasteiger partial charge < -0.3 is 10.1 Å². The van der Waals surface area contributed by atoms with Crippen LogP contribution in [0.4, 0.5) is 8.78 Å². The maximum Gasteiger partial charge on any atom is 0.164 e. The van der Waals surface area contributed by atoms with Gasteiger partial charge in [-0.05, 0) is 25.6 Å². The molecule has 0 fully saturated rings. The van der Waals surface area contributed by atoms with E-state index in [0.29, 0.717) is 16.9 Å². The Labute approximate surface area is 115 Å². The van der Waals surface area contributed by atoms with Crippen LogP contribution in [-0.4, -0.2) is 14.2 Å². The van der Waals surface area contributed by atoms with Gasteiger partial charge in [-0.3, -0.25) is 0 Å². The van der Waals surface area contributed by atoms with Crippen LogP contribution in [0.25, 0.3) is 0 Å². The summed E-state index contributed by atoms with van der Waals surface area (Å²) in [5.74, 6) is -0.874. The van der Waals surface area contributed by atoms with Crippen LogP contribution in [0.2, 0.25) is 0 Å². The molecule has 0 aliphatic heterocycles. The lowest BCUT2D eigenvalue weighted by Gasteiger charge is -2.16. The Morgan fingerprint density at radius 3 is 2.58 bits per heavy atom. The first kappa shape index (κ1) is 14.0. The number of aryl methyl sites for hydroxylation is 1. The van der Waals surface area contributed by atoms with Crippen LogP contribution < -0.4 is 10.1 Å². The van der Waals surface area contributed by atoms with Crippen molar-refractivity contribution >= 4 is 11.3 Å². The molecule has 1 heterocycles. The van der Waals surface area contributed by atoms with Gasteiger partial charge in [-0.15, -0.1) is 11.3 Å². The summed E-state index contributed by atoms with van der Waals surface area (Å²) in [5.41, 5.74) is 0.606. The Morgan fingerprint density at radius 1 is 1.26 bits per heavy atom. The van der Waals surface area contributed by atoms with Gasteiger partial charge in [-0.2, -0.15) is 0 Å². The molecule has 1 atom stereocenters. The van der Waals surface area contributed by atoms with Crippen molar-refractivity contribution in [3.8, 4) is 5.75 Å². The highest BCUT2D eigenvalue weighted by atomic mass is 32.1. The lowest BCUT2D eigenvalue weighted by molar-refractivity contribution is 0.416. The lowest BCUT2D eigenvalue weighted by atomic mass is 10.0. The van der Waals surface area contributed by atoms with Crippen molar-refractivity contribution in [3.63, 3.8) is 0 Å². The van der Waals surface area contributed by atoms with Crippen molar-refractivity contribution in [1.29, 1.82) is 0 Å². The van der Waals surface area contributed by atoms with E-state index in [1.165, 1.54) is 11.3 Å². The number of hydrogen-bond donors (Lipinski definition) is 1. The van der Waals surface area contributed by atoms with Crippen LogP contribution in [0.15, 0.2) is 23.6 Å². The molecule has 0 amide bonds. The summed E-state index contributed by atoms with van der Waals surface area (Å²) in [7, 11) is 3.29. The van der Waals surface area contributed by atoms with Crippen LogP contribution in [0.5, 0.6) is 5.75 Å². The first-order chi connectivity index (χ1) is 9.08. The first-order valence-corrected chi connectivity index (χ1v) is 6.70. The highest BCUT2D eigenvalue weighted by molar-refractivity contribution is 7.10. The Bertz CT molecular complexity index is 583. The highest BCUT2D eigenvalue weighted by Gasteiger charge is 2.21. The van der Waals surface area contributed by atoms with Crippen molar-refractivity contribution in [2.75, 3.05) is 14.2 Å². The Kier molecular flexibility index (Phi) is 4.17. The Hall–Kier alpha value is -1.46. The van der Waals surface area contributed by atoms with Crippen LogP contribution in [0.3, 0.4) is 0 Å². The quantitative estimate of drug-likeness (QED) is 0.924. The van der Waals surface area contributed by atoms with E-state index in [0.717, 1.165) is 4.88 Å². The third-order valence-electron chi connectivity index (χ3n) is 3.02. The molecule has 2 rings (SSSR count). The van der Waals surface area contributed by atoms with Gasteiger partial charge in [-0.25, -0.2) is 8.78 Å². The van der Waals surface area contributed by atoms with Gasteiger partial charge in [-0.1, -0.05) is 12.1 Å². The molecule has 2 nitrogen and oxygen atoms in total. The average molecular weight is 283 g/mol. The smallest absolute Gasteiger partial charge is 0.164 e. The number of benzene rings is 1. The fourth-order valence-electron chi connectivity index (χ4n) is 1.93. The predicted octanol–water partition coefficient (Wildman–Crippen LogP) is 3.65. The molecule has 0 radical (unpaired) electrons. The second-order valence-electron chi connectivity index (χ2n) is 4.21. The fourth-order valence-corrected chi connectivity index (χ4v) is 2.91. The molecule has 1 unspecified atom stereocenters. The minimum absolute atomic E-state index is 0.301. The van der Waals surface area contributed by atoms with Crippen LogP contribution in [0, 0.1) is 18.6 Å². The average Bonchev–Trinajstić information content (AvgIpc) is 2.88. The van der Waals surface area contributed by atoms with Gasteiger partial charge in [0.05, 0.1) is 13.2 Å². The summed E-state index contributed by atoms with van der Waals surface area (Å²) in [6, 6.07) is 4.64. The first-order valence-electron chi connectivity index (χ1n) is 5.82. The molecule has 19 heavy (non-hydrogen) atoms. The minimum Gasteiger partial charge on any atom is -0.496 e. The number of halogens is 2. The molecule has 2 aromatic rings. The number of nitrogens with one attached hydrogen (secondary N) is 1. The molecule has 0 saturated heterocycles. The molecule has 102 valence electrons. The summed E-state index contributed by atoms with van der Waals surface area (Å²) in [4.78, 5) is 0.876. The fraction of sp³-hybridized carbons (Fsp3) is 0.286. The van der Waals surface area contributed by atoms with Gasteiger partial charge >= 0.3 is 0 Å².